The minimum atomic E-state index is 0. The molecule has 2 N–H and O–H groups in total. The molecule has 0 bridgehead atoms. The summed E-state index contributed by atoms with van der Waals surface area (Å²) < 4.78 is 0. The second kappa shape index (κ2) is 32.1. The van der Waals surface area contributed by atoms with Gasteiger partial charge in [-0.15, -0.1) is 0 Å². The Morgan fingerprint density at radius 1 is 0.529 bits per heavy atom. The van der Waals surface area contributed by atoms with Gasteiger partial charge in [-0.1, -0.05) is 148 Å². The van der Waals surface area contributed by atoms with Crippen LogP contribution in [0, 0.1) is 11.8 Å². The number of hydrogen-bond donors (Lipinski definition) is 2. The first-order valence-corrected chi connectivity index (χ1v) is 20.8. The molecule has 0 unspecified atom stereocenters. The average molecular weight is 742 g/mol. The average Bonchev–Trinajstić information content (AvgIpc) is 3.10. The van der Waals surface area contributed by atoms with Gasteiger partial charge in [0.25, 0.3) is 0 Å². The van der Waals surface area contributed by atoms with E-state index in [-0.39, 0.29) is 16.5 Å². The van der Waals surface area contributed by atoms with Crippen LogP contribution in [0.4, 0.5) is 22.7 Å². The van der Waals surface area contributed by atoms with E-state index in [0.717, 1.165) is 35.6 Å². The fourth-order valence-electron chi connectivity index (χ4n) is 6.28. The van der Waals surface area contributed by atoms with E-state index in [9.17, 15) is 0 Å². The van der Waals surface area contributed by atoms with Gasteiger partial charge < -0.3 is 10.6 Å². The molecule has 0 aliphatic carbocycles. The predicted octanol–water partition coefficient (Wildman–Crippen LogP) is 14.8. The zero-order valence-corrected chi connectivity index (χ0v) is 34.3. The van der Waals surface area contributed by atoms with Gasteiger partial charge in [-0.05, 0) is 88.6 Å². The maximum Gasteiger partial charge on any atom is 0.132 e. The van der Waals surface area contributed by atoms with Crippen LogP contribution < -0.4 is 10.6 Å². The van der Waals surface area contributed by atoms with E-state index >= 15 is 0 Å². The monoisotopic (exact) mass is 741 g/mol. The van der Waals surface area contributed by atoms with Gasteiger partial charge in [0.15, 0.2) is 0 Å². The van der Waals surface area contributed by atoms with Crippen LogP contribution in [-0.4, -0.2) is 24.0 Å². The molecule has 0 atom stereocenters. The molecule has 0 aliphatic heterocycles. The fraction of sp³-hybridized carbons (Fsp3) is 0.652. The van der Waals surface area contributed by atoms with Crippen LogP contribution >= 0.6 is 0 Å². The van der Waals surface area contributed by atoms with Crippen molar-refractivity contribution in [3.05, 3.63) is 48.5 Å². The molecule has 0 saturated carbocycles. The largest absolute Gasteiger partial charge is 0.383 e. The maximum atomic E-state index is 4.83. The molecular formula is C46H74N4Ni. The van der Waals surface area contributed by atoms with E-state index in [2.05, 4.69) is 81.4 Å². The van der Waals surface area contributed by atoms with E-state index in [4.69, 9.17) is 9.98 Å². The Kier molecular flexibility index (Phi) is 29.3. The van der Waals surface area contributed by atoms with E-state index in [1.54, 1.807) is 6.21 Å². The second-order valence-corrected chi connectivity index (χ2v) is 14.9. The molecule has 4 nitrogen and oxygen atoms in total. The fourth-order valence-corrected chi connectivity index (χ4v) is 6.28. The summed E-state index contributed by atoms with van der Waals surface area (Å²) >= 11 is 0. The molecule has 0 amide bonds. The number of nitrogens with zero attached hydrogens (tertiary/aromatic N) is 2. The Morgan fingerprint density at radius 3 is 1.25 bits per heavy atom. The molecule has 0 aliphatic rings. The zero-order valence-electron chi connectivity index (χ0n) is 33.3. The third kappa shape index (κ3) is 26.8. The standard InChI is InChI=1S/C46H74N4.Ni/c1-6-7-8-9-10-11-12-13-14-15-16-17-18-19-20-21-22-23-24-25-26-27-28-29-30-46(50-45-37-35-44(36-38-45)49-41(4)5)39-47-42-31-33-43(34-32-42)48-40(2)3;/h31-41,48-49H,6-28H2,1-5H3;. The van der Waals surface area contributed by atoms with Crippen molar-refractivity contribution in [2.24, 2.45) is 9.98 Å². The van der Waals surface area contributed by atoms with Crippen molar-refractivity contribution in [3.8, 4) is 11.8 Å². The van der Waals surface area contributed by atoms with Gasteiger partial charge in [0.2, 0.25) is 0 Å². The molecule has 2 rings (SSSR count). The van der Waals surface area contributed by atoms with Gasteiger partial charge in [-0.25, -0.2) is 4.99 Å². The molecular weight excluding hydrogens is 667 g/mol. The number of benzene rings is 2. The number of anilines is 2. The summed E-state index contributed by atoms with van der Waals surface area (Å²) in [6, 6.07) is 17.2. The summed E-state index contributed by atoms with van der Waals surface area (Å²) in [5.74, 6) is 6.69. The van der Waals surface area contributed by atoms with Crippen LogP contribution in [0.15, 0.2) is 58.5 Å². The smallest absolute Gasteiger partial charge is 0.132 e. The molecule has 0 radical (unpaired) electrons. The van der Waals surface area contributed by atoms with Crippen LogP contribution in [0.3, 0.4) is 0 Å². The van der Waals surface area contributed by atoms with Crippen LogP contribution in [0.5, 0.6) is 0 Å². The van der Waals surface area contributed by atoms with Crippen molar-refractivity contribution in [2.45, 2.75) is 194 Å². The first-order valence-electron chi connectivity index (χ1n) is 20.8. The number of nitrogens with one attached hydrogen (secondary N) is 2. The van der Waals surface area contributed by atoms with Gasteiger partial charge in [0, 0.05) is 46.4 Å². The molecule has 0 fully saturated rings. The molecule has 2 aromatic carbocycles. The van der Waals surface area contributed by atoms with Gasteiger partial charge in [0.1, 0.15) is 5.71 Å². The third-order valence-electron chi connectivity index (χ3n) is 9.10. The van der Waals surface area contributed by atoms with Gasteiger partial charge >= 0.3 is 0 Å². The summed E-state index contributed by atoms with van der Waals surface area (Å²) in [5, 5.41) is 6.86. The Balaban J connectivity index is 0.0000130. The SMILES string of the molecule is CCCCCCCCCCCCCCCCCCCCCCCCC#CC(C=Nc1ccc(NC(C)C)cc1)=Nc1ccc(NC(C)C)cc1.[Ni]. The molecule has 51 heavy (non-hydrogen) atoms. The molecule has 0 saturated heterocycles. The normalized spacial score (nSPS) is 11.5. The first kappa shape index (κ1) is 46.5. The molecule has 2 aromatic rings. The quantitative estimate of drug-likeness (QED) is 0.0377. The number of aliphatic imine (C=N–C) groups is 2. The van der Waals surface area contributed by atoms with E-state index in [1.165, 1.54) is 135 Å². The molecule has 0 aromatic heterocycles. The summed E-state index contributed by atoms with van der Waals surface area (Å²) in [4.78, 5) is 9.53. The Labute approximate surface area is 325 Å². The maximum absolute atomic E-state index is 4.83. The van der Waals surface area contributed by atoms with E-state index < -0.39 is 0 Å². The molecule has 5 heteroatoms. The predicted molar refractivity (Wildman–Crippen MR) is 225 cm³/mol. The van der Waals surface area contributed by atoms with Gasteiger partial charge in [-0.2, -0.15) is 0 Å². The Hall–Kier alpha value is -2.57. The van der Waals surface area contributed by atoms with Crippen molar-refractivity contribution in [1.82, 2.24) is 0 Å². The van der Waals surface area contributed by atoms with Crippen LogP contribution in [-0.2, 0) is 16.5 Å². The van der Waals surface area contributed by atoms with Crippen LogP contribution in [0.25, 0.3) is 0 Å². The van der Waals surface area contributed by atoms with Crippen molar-refractivity contribution < 1.29 is 16.5 Å². The molecule has 0 spiro atoms. The van der Waals surface area contributed by atoms with E-state index in [0.29, 0.717) is 17.8 Å². The minimum Gasteiger partial charge on any atom is -0.383 e. The summed E-state index contributed by atoms with van der Waals surface area (Å²) in [6.07, 6.45) is 33.7. The van der Waals surface area contributed by atoms with Crippen molar-refractivity contribution in [3.63, 3.8) is 0 Å². The third-order valence-corrected chi connectivity index (χ3v) is 9.10. The number of unbranched alkanes of at least 4 members (excludes halogenated alkanes) is 22. The van der Waals surface area contributed by atoms with Crippen molar-refractivity contribution in [2.75, 3.05) is 10.6 Å². The number of rotatable bonds is 29. The van der Waals surface area contributed by atoms with Crippen molar-refractivity contribution >= 4 is 34.7 Å². The topological polar surface area (TPSA) is 48.8 Å². The summed E-state index contributed by atoms with van der Waals surface area (Å²) in [6.45, 7) is 10.9. The van der Waals surface area contributed by atoms with Gasteiger partial charge in [0.05, 0.1) is 17.6 Å². The molecule has 288 valence electrons. The second-order valence-electron chi connectivity index (χ2n) is 14.9. The molecule has 0 heterocycles. The van der Waals surface area contributed by atoms with Gasteiger partial charge in [-0.3, -0.25) is 4.99 Å². The summed E-state index contributed by atoms with van der Waals surface area (Å²) in [7, 11) is 0. The van der Waals surface area contributed by atoms with Crippen molar-refractivity contribution in [1.29, 1.82) is 0 Å². The minimum absolute atomic E-state index is 0. The zero-order chi connectivity index (χ0) is 35.9. The summed E-state index contributed by atoms with van der Waals surface area (Å²) in [5.41, 5.74) is 4.67. The first-order chi connectivity index (χ1) is 24.5. The Morgan fingerprint density at radius 2 is 0.882 bits per heavy atom. The van der Waals surface area contributed by atoms with Crippen LogP contribution in [0.2, 0.25) is 0 Å². The van der Waals surface area contributed by atoms with Crippen LogP contribution in [0.1, 0.15) is 182 Å². The van der Waals surface area contributed by atoms with E-state index in [1.807, 2.05) is 24.3 Å². The Bertz CT molecular complexity index is 1200. The number of hydrogen-bond acceptors (Lipinski definition) is 4.